The zero-order valence-electron chi connectivity index (χ0n) is 3.89. The van der Waals surface area contributed by atoms with E-state index in [4.69, 9.17) is 0 Å². The third kappa shape index (κ3) is 2.91. The van der Waals surface area contributed by atoms with Gasteiger partial charge in [0.05, 0.1) is 0 Å². The molecule has 0 bridgehead atoms. The van der Waals surface area contributed by atoms with Crippen LogP contribution < -0.4 is 0 Å². The topological polar surface area (TPSA) is 0 Å². The van der Waals surface area contributed by atoms with Crippen LogP contribution >= 0.6 is 25.3 Å². The standard InChI is InChI=1S/C4H10S2/c1-4(2-5)3-6/h4-6H,2-3H2,1H3. The molecule has 0 fully saturated rings. The van der Waals surface area contributed by atoms with Crippen LogP contribution in [0.5, 0.6) is 0 Å². The summed E-state index contributed by atoms with van der Waals surface area (Å²) in [6.07, 6.45) is 0. The minimum Gasteiger partial charge on any atom is -0.179 e. The van der Waals surface area contributed by atoms with E-state index in [1.54, 1.807) is 0 Å². The molecule has 2 heteroatoms. The van der Waals surface area contributed by atoms with Crippen LogP contribution in [0.4, 0.5) is 0 Å². The molecule has 0 aromatic carbocycles. The van der Waals surface area contributed by atoms with E-state index in [0.29, 0.717) is 5.92 Å². The predicted molar refractivity (Wildman–Crippen MR) is 36.9 cm³/mol. The van der Waals surface area contributed by atoms with Gasteiger partial charge >= 0.3 is 0 Å². The summed E-state index contributed by atoms with van der Waals surface area (Å²) in [5.41, 5.74) is 0. The van der Waals surface area contributed by atoms with Crippen molar-refractivity contribution in [3.05, 3.63) is 0 Å². The Morgan fingerprint density at radius 2 is 1.67 bits per heavy atom. The highest BCUT2D eigenvalue weighted by Gasteiger charge is 1.90. The van der Waals surface area contributed by atoms with E-state index >= 15 is 0 Å². The molecule has 0 rings (SSSR count). The summed E-state index contributed by atoms with van der Waals surface area (Å²) in [5, 5.41) is 0. The van der Waals surface area contributed by atoms with Gasteiger partial charge in [-0.2, -0.15) is 25.3 Å². The summed E-state index contributed by atoms with van der Waals surface area (Å²) in [6, 6.07) is 0. The van der Waals surface area contributed by atoms with Crippen molar-refractivity contribution in [2.24, 2.45) is 5.92 Å². The Kier molecular flexibility index (Phi) is 4.33. The Bertz CT molecular complexity index is 24.7. The fraction of sp³-hybridized carbons (Fsp3) is 1.00. The molecule has 0 aromatic rings. The molecular weight excluding hydrogens is 112 g/mol. The van der Waals surface area contributed by atoms with Crippen LogP contribution in [0.1, 0.15) is 6.92 Å². The molecule has 0 radical (unpaired) electrons. The maximum Gasteiger partial charge on any atom is -0.00644 e. The fourth-order valence-electron chi connectivity index (χ4n) is 0.0577. The van der Waals surface area contributed by atoms with E-state index < -0.39 is 0 Å². The first-order chi connectivity index (χ1) is 2.81. The molecule has 0 aromatic heterocycles. The zero-order valence-corrected chi connectivity index (χ0v) is 5.67. The van der Waals surface area contributed by atoms with Gasteiger partial charge in [-0.3, -0.25) is 0 Å². The molecule has 0 atom stereocenters. The number of hydrogen-bond donors (Lipinski definition) is 2. The first-order valence-corrected chi connectivity index (χ1v) is 3.29. The Labute approximate surface area is 50.1 Å². The lowest BCUT2D eigenvalue weighted by Crippen LogP contribution is -1.95. The van der Waals surface area contributed by atoms with Crippen LogP contribution in [-0.4, -0.2) is 11.5 Å². The highest BCUT2D eigenvalue weighted by atomic mass is 32.1. The van der Waals surface area contributed by atoms with Crippen molar-refractivity contribution >= 4 is 25.3 Å². The summed E-state index contributed by atoms with van der Waals surface area (Å²) >= 11 is 8.09. The Balaban J connectivity index is 2.75. The van der Waals surface area contributed by atoms with Gasteiger partial charge in [0.2, 0.25) is 0 Å². The molecule has 0 spiro atoms. The summed E-state index contributed by atoms with van der Waals surface area (Å²) in [4.78, 5) is 0. The summed E-state index contributed by atoms with van der Waals surface area (Å²) in [6.45, 7) is 2.12. The van der Waals surface area contributed by atoms with E-state index in [9.17, 15) is 0 Å². The lowest BCUT2D eigenvalue weighted by molar-refractivity contribution is 0.769. The van der Waals surface area contributed by atoms with Gasteiger partial charge in [0.1, 0.15) is 0 Å². The molecule has 6 heavy (non-hydrogen) atoms. The van der Waals surface area contributed by atoms with Crippen LogP contribution in [0.2, 0.25) is 0 Å². The lowest BCUT2D eigenvalue weighted by Gasteiger charge is -1.97. The van der Waals surface area contributed by atoms with Crippen LogP contribution in [-0.2, 0) is 0 Å². The van der Waals surface area contributed by atoms with Gasteiger partial charge < -0.3 is 0 Å². The van der Waals surface area contributed by atoms with Crippen molar-refractivity contribution in [2.45, 2.75) is 6.92 Å². The molecule has 0 aliphatic heterocycles. The van der Waals surface area contributed by atoms with Crippen LogP contribution in [0.3, 0.4) is 0 Å². The first kappa shape index (κ1) is 6.70. The molecule has 38 valence electrons. The second kappa shape index (κ2) is 3.88. The number of rotatable bonds is 2. The highest BCUT2D eigenvalue weighted by Crippen LogP contribution is 1.97. The largest absolute Gasteiger partial charge is 0.179 e. The summed E-state index contributed by atoms with van der Waals surface area (Å²) in [5.74, 6) is 2.56. The summed E-state index contributed by atoms with van der Waals surface area (Å²) < 4.78 is 0. The van der Waals surface area contributed by atoms with Crippen molar-refractivity contribution in [1.29, 1.82) is 0 Å². The van der Waals surface area contributed by atoms with Gasteiger partial charge in [-0.25, -0.2) is 0 Å². The van der Waals surface area contributed by atoms with Gasteiger partial charge in [0, 0.05) is 0 Å². The monoisotopic (exact) mass is 122 g/mol. The van der Waals surface area contributed by atoms with Crippen molar-refractivity contribution < 1.29 is 0 Å². The van der Waals surface area contributed by atoms with Gasteiger partial charge in [-0.05, 0) is 17.4 Å². The van der Waals surface area contributed by atoms with Crippen LogP contribution in [0.15, 0.2) is 0 Å². The average Bonchev–Trinajstić information content (AvgIpc) is 1.65. The van der Waals surface area contributed by atoms with Crippen LogP contribution in [0.25, 0.3) is 0 Å². The molecule has 0 aliphatic rings. The second-order valence-corrected chi connectivity index (χ2v) is 2.20. The lowest BCUT2D eigenvalue weighted by atomic mass is 10.3. The third-order valence-corrected chi connectivity index (χ3v) is 1.87. The van der Waals surface area contributed by atoms with Gasteiger partial charge in [-0.15, -0.1) is 0 Å². The van der Waals surface area contributed by atoms with Gasteiger partial charge in [-0.1, -0.05) is 6.92 Å². The number of thiol groups is 2. The Morgan fingerprint density at radius 3 is 1.67 bits per heavy atom. The van der Waals surface area contributed by atoms with Crippen LogP contribution in [0, 0.1) is 5.92 Å². The molecule has 0 unspecified atom stereocenters. The Morgan fingerprint density at radius 1 is 1.33 bits per heavy atom. The second-order valence-electron chi connectivity index (χ2n) is 1.47. The van der Waals surface area contributed by atoms with Crippen molar-refractivity contribution in [2.75, 3.05) is 11.5 Å². The smallest absolute Gasteiger partial charge is 0.00644 e. The van der Waals surface area contributed by atoms with E-state index in [1.807, 2.05) is 0 Å². The SMILES string of the molecule is CC(CS)CS. The number of hydrogen-bond acceptors (Lipinski definition) is 2. The molecular formula is C4H10S2. The molecule has 0 N–H and O–H groups in total. The average molecular weight is 122 g/mol. The predicted octanol–water partition coefficient (Wildman–Crippen LogP) is 1.48. The minimum absolute atomic E-state index is 0.664. The minimum atomic E-state index is 0.664. The van der Waals surface area contributed by atoms with E-state index in [0.717, 1.165) is 11.5 Å². The maximum atomic E-state index is 4.05. The highest BCUT2D eigenvalue weighted by molar-refractivity contribution is 7.81. The third-order valence-electron chi connectivity index (χ3n) is 0.623. The zero-order chi connectivity index (χ0) is 4.99. The van der Waals surface area contributed by atoms with Gasteiger partial charge in [0.15, 0.2) is 0 Å². The van der Waals surface area contributed by atoms with Crippen molar-refractivity contribution in [3.8, 4) is 0 Å². The molecule has 0 saturated carbocycles. The van der Waals surface area contributed by atoms with E-state index in [2.05, 4.69) is 32.2 Å². The molecule has 0 nitrogen and oxygen atoms in total. The first-order valence-electron chi connectivity index (χ1n) is 2.03. The maximum absolute atomic E-state index is 4.05. The van der Waals surface area contributed by atoms with E-state index in [1.165, 1.54) is 0 Å². The van der Waals surface area contributed by atoms with Crippen molar-refractivity contribution in [1.82, 2.24) is 0 Å². The van der Waals surface area contributed by atoms with Gasteiger partial charge in [0.25, 0.3) is 0 Å². The summed E-state index contributed by atoms with van der Waals surface area (Å²) in [7, 11) is 0. The van der Waals surface area contributed by atoms with E-state index in [-0.39, 0.29) is 0 Å². The molecule has 0 heterocycles. The quantitative estimate of drug-likeness (QED) is 0.509. The molecule has 0 aliphatic carbocycles. The van der Waals surface area contributed by atoms with Crippen molar-refractivity contribution in [3.63, 3.8) is 0 Å². The fourth-order valence-corrected chi connectivity index (χ4v) is 0.520. The normalized spacial score (nSPS) is 10.0. The molecule has 0 amide bonds. The molecule has 0 saturated heterocycles. The Hall–Kier alpha value is 0.700.